The van der Waals surface area contributed by atoms with Gasteiger partial charge in [-0.05, 0) is 18.9 Å². The van der Waals surface area contributed by atoms with Crippen LogP contribution in [0.5, 0.6) is 0 Å². The van der Waals surface area contributed by atoms with Crippen LogP contribution in [0.4, 0.5) is 20.2 Å². The zero-order valence-electron chi connectivity index (χ0n) is 11.5. The molecule has 1 fully saturated rings. The topological polar surface area (TPSA) is 75.4 Å². The van der Waals surface area contributed by atoms with Gasteiger partial charge in [-0.15, -0.1) is 0 Å². The summed E-state index contributed by atoms with van der Waals surface area (Å²) in [6, 6.07) is 3.32. The molecule has 1 aliphatic carbocycles. The fraction of sp³-hybridized carbons (Fsp3) is 0.571. The molecule has 5 nitrogen and oxygen atoms in total. The van der Waals surface area contributed by atoms with Crippen LogP contribution in [0.15, 0.2) is 18.2 Å². The number of benzene rings is 1. The summed E-state index contributed by atoms with van der Waals surface area (Å²) in [7, 11) is 0. The molecule has 0 aliphatic heterocycles. The number of nitrogens with zero attached hydrogens (tertiary/aromatic N) is 1. The summed E-state index contributed by atoms with van der Waals surface area (Å²) in [4.78, 5) is 9.94. The van der Waals surface area contributed by atoms with Crippen LogP contribution in [0.1, 0.15) is 44.1 Å². The largest absolute Gasteiger partial charge is 0.388 e. The van der Waals surface area contributed by atoms with Gasteiger partial charge in [0.25, 0.3) is 12.1 Å². The highest BCUT2D eigenvalue weighted by molar-refractivity contribution is 5.56. The second kappa shape index (κ2) is 6.34. The molecule has 0 amide bonds. The van der Waals surface area contributed by atoms with Gasteiger partial charge in [-0.2, -0.15) is 0 Å². The lowest BCUT2D eigenvalue weighted by molar-refractivity contribution is -0.385. The summed E-state index contributed by atoms with van der Waals surface area (Å²) in [6.07, 6.45) is 1.37. The molecule has 21 heavy (non-hydrogen) atoms. The van der Waals surface area contributed by atoms with E-state index in [1.165, 1.54) is 12.1 Å². The summed E-state index contributed by atoms with van der Waals surface area (Å²) in [5.74, 6) is 0. The van der Waals surface area contributed by atoms with Crippen molar-refractivity contribution in [2.45, 2.75) is 44.1 Å². The molecule has 1 aromatic carbocycles. The normalized spacial score (nSPS) is 17.7. The Morgan fingerprint density at radius 1 is 1.33 bits per heavy atom. The standard InChI is InChI=1S/C14H18F2N2O3/c15-13(16)11-8-10(18(20)21)4-5-12(11)17-9-14(19)6-2-1-3-7-14/h4-5,8,13,17,19H,1-3,6-7,9H2. The number of nitrogens with one attached hydrogen (secondary N) is 1. The molecule has 1 aliphatic rings. The van der Waals surface area contributed by atoms with Crippen molar-refractivity contribution in [3.63, 3.8) is 0 Å². The lowest BCUT2D eigenvalue weighted by atomic mass is 9.85. The van der Waals surface area contributed by atoms with Crippen molar-refractivity contribution in [3.8, 4) is 0 Å². The second-order valence-corrected chi connectivity index (χ2v) is 5.47. The van der Waals surface area contributed by atoms with Crippen molar-refractivity contribution in [2.24, 2.45) is 0 Å². The number of halogens is 2. The van der Waals surface area contributed by atoms with E-state index in [2.05, 4.69) is 5.32 Å². The van der Waals surface area contributed by atoms with E-state index in [0.717, 1.165) is 25.3 Å². The van der Waals surface area contributed by atoms with Gasteiger partial charge in [-0.1, -0.05) is 19.3 Å². The summed E-state index contributed by atoms with van der Waals surface area (Å²) in [5.41, 5.74) is -1.54. The third-order valence-electron chi connectivity index (χ3n) is 3.87. The van der Waals surface area contributed by atoms with Crippen LogP contribution in [0.25, 0.3) is 0 Å². The maximum atomic E-state index is 13.0. The van der Waals surface area contributed by atoms with Gasteiger partial charge in [0, 0.05) is 29.9 Å². The first-order valence-corrected chi connectivity index (χ1v) is 6.94. The summed E-state index contributed by atoms with van der Waals surface area (Å²) >= 11 is 0. The molecule has 2 rings (SSSR count). The van der Waals surface area contributed by atoms with E-state index in [-0.39, 0.29) is 17.9 Å². The smallest absolute Gasteiger partial charge is 0.270 e. The molecular weight excluding hydrogens is 282 g/mol. The highest BCUT2D eigenvalue weighted by Crippen LogP contribution is 2.33. The first-order valence-electron chi connectivity index (χ1n) is 6.94. The molecule has 0 atom stereocenters. The van der Waals surface area contributed by atoms with Gasteiger partial charge < -0.3 is 10.4 Å². The van der Waals surface area contributed by atoms with Gasteiger partial charge in [-0.3, -0.25) is 10.1 Å². The first kappa shape index (κ1) is 15.6. The Morgan fingerprint density at radius 2 is 2.00 bits per heavy atom. The highest BCUT2D eigenvalue weighted by atomic mass is 19.3. The maximum absolute atomic E-state index is 13.0. The quantitative estimate of drug-likeness (QED) is 0.643. The Balaban J connectivity index is 2.13. The predicted molar refractivity (Wildman–Crippen MR) is 74.6 cm³/mol. The predicted octanol–water partition coefficient (Wildman–Crippen LogP) is 3.64. The molecule has 0 unspecified atom stereocenters. The number of non-ortho nitro benzene ring substituents is 1. The van der Waals surface area contributed by atoms with Crippen LogP contribution in [0.3, 0.4) is 0 Å². The van der Waals surface area contributed by atoms with Crippen molar-refractivity contribution in [3.05, 3.63) is 33.9 Å². The second-order valence-electron chi connectivity index (χ2n) is 5.47. The van der Waals surface area contributed by atoms with E-state index in [0.29, 0.717) is 12.8 Å². The summed E-state index contributed by atoms with van der Waals surface area (Å²) in [6.45, 7) is 0.171. The van der Waals surface area contributed by atoms with Crippen LogP contribution in [-0.2, 0) is 0 Å². The van der Waals surface area contributed by atoms with E-state index in [1.54, 1.807) is 0 Å². The van der Waals surface area contributed by atoms with Gasteiger partial charge in [0.15, 0.2) is 0 Å². The van der Waals surface area contributed by atoms with E-state index in [1.807, 2.05) is 0 Å². The number of aliphatic hydroxyl groups is 1. The van der Waals surface area contributed by atoms with Gasteiger partial charge in [-0.25, -0.2) is 8.78 Å². The Morgan fingerprint density at radius 3 is 2.57 bits per heavy atom. The minimum Gasteiger partial charge on any atom is -0.388 e. The molecule has 0 aromatic heterocycles. The number of rotatable bonds is 5. The van der Waals surface area contributed by atoms with E-state index in [4.69, 9.17) is 0 Å². The van der Waals surface area contributed by atoms with Crippen molar-refractivity contribution >= 4 is 11.4 Å². The summed E-state index contributed by atoms with van der Waals surface area (Å²) in [5, 5.41) is 23.8. The van der Waals surface area contributed by atoms with Crippen molar-refractivity contribution in [1.29, 1.82) is 0 Å². The van der Waals surface area contributed by atoms with Crippen molar-refractivity contribution in [2.75, 3.05) is 11.9 Å². The van der Waals surface area contributed by atoms with Gasteiger partial charge in [0.1, 0.15) is 0 Å². The van der Waals surface area contributed by atoms with Crippen LogP contribution >= 0.6 is 0 Å². The number of hydrogen-bond donors (Lipinski definition) is 2. The number of nitro groups is 1. The lowest BCUT2D eigenvalue weighted by Gasteiger charge is -2.32. The van der Waals surface area contributed by atoms with Crippen LogP contribution in [0.2, 0.25) is 0 Å². The average Bonchev–Trinajstić information content (AvgIpc) is 2.45. The lowest BCUT2D eigenvalue weighted by Crippen LogP contribution is -2.38. The molecule has 0 saturated heterocycles. The molecule has 0 spiro atoms. The average molecular weight is 300 g/mol. The number of hydrogen-bond acceptors (Lipinski definition) is 4. The van der Waals surface area contributed by atoms with E-state index >= 15 is 0 Å². The zero-order valence-corrected chi connectivity index (χ0v) is 11.5. The monoisotopic (exact) mass is 300 g/mol. The molecular formula is C14H18F2N2O3. The molecule has 0 bridgehead atoms. The fourth-order valence-corrected chi connectivity index (χ4v) is 2.65. The molecule has 7 heteroatoms. The molecule has 0 heterocycles. The van der Waals surface area contributed by atoms with Crippen molar-refractivity contribution in [1.82, 2.24) is 0 Å². The molecule has 116 valence electrons. The number of nitro benzene ring substituents is 1. The molecule has 2 N–H and O–H groups in total. The van der Waals surface area contributed by atoms with Crippen LogP contribution in [-0.4, -0.2) is 22.2 Å². The van der Waals surface area contributed by atoms with Crippen LogP contribution in [0, 0.1) is 10.1 Å². The van der Waals surface area contributed by atoms with Gasteiger partial charge >= 0.3 is 0 Å². The third kappa shape index (κ3) is 3.87. The molecule has 0 radical (unpaired) electrons. The molecule has 1 saturated carbocycles. The first-order chi connectivity index (χ1) is 9.91. The Bertz CT molecular complexity index is 517. The van der Waals surface area contributed by atoms with E-state index in [9.17, 15) is 24.0 Å². The van der Waals surface area contributed by atoms with E-state index < -0.39 is 22.5 Å². The SMILES string of the molecule is O=[N+]([O-])c1ccc(NCC2(O)CCCCC2)c(C(F)F)c1. The maximum Gasteiger partial charge on any atom is 0.270 e. The minimum atomic E-state index is -2.81. The Kier molecular flexibility index (Phi) is 4.72. The van der Waals surface area contributed by atoms with Crippen molar-refractivity contribution < 1.29 is 18.8 Å². The zero-order chi connectivity index (χ0) is 15.5. The number of alkyl halides is 2. The summed E-state index contributed by atoms with van der Waals surface area (Å²) < 4.78 is 26.0. The van der Waals surface area contributed by atoms with Crippen LogP contribution < -0.4 is 5.32 Å². The van der Waals surface area contributed by atoms with Gasteiger partial charge in [0.05, 0.1) is 10.5 Å². The molecule has 1 aromatic rings. The fourth-order valence-electron chi connectivity index (χ4n) is 2.65. The number of anilines is 1. The Labute approximate surface area is 121 Å². The Hall–Kier alpha value is -1.76. The highest BCUT2D eigenvalue weighted by Gasteiger charge is 2.29. The third-order valence-corrected chi connectivity index (χ3v) is 3.87. The van der Waals surface area contributed by atoms with Gasteiger partial charge in [0.2, 0.25) is 0 Å². The minimum absolute atomic E-state index is 0.134.